The van der Waals surface area contributed by atoms with E-state index in [0.717, 1.165) is 5.56 Å². The standard InChI is InChI=1S/C8H9ClO.H2O/c1-6(10)7-2-4-8(9)5-3-7;/h2-6,10H,1H3;1H2. The van der Waals surface area contributed by atoms with E-state index < -0.39 is 6.10 Å². The predicted octanol–water partition coefficient (Wildman–Crippen LogP) is 1.57. The number of benzene rings is 1. The minimum absolute atomic E-state index is 0. The minimum atomic E-state index is -0.405. The molecule has 0 amide bonds. The van der Waals surface area contributed by atoms with Crippen molar-refractivity contribution in [1.82, 2.24) is 0 Å². The number of halogens is 1. The number of hydrogen-bond donors (Lipinski definition) is 1. The summed E-state index contributed by atoms with van der Waals surface area (Å²) in [5.74, 6) is 0. The summed E-state index contributed by atoms with van der Waals surface area (Å²) >= 11 is 5.63. The first-order valence-electron chi connectivity index (χ1n) is 3.13. The summed E-state index contributed by atoms with van der Waals surface area (Å²) in [5, 5.41) is 9.77. The van der Waals surface area contributed by atoms with Crippen molar-refractivity contribution in [2.24, 2.45) is 0 Å². The predicted molar refractivity (Wildman–Crippen MR) is 45.7 cm³/mol. The van der Waals surface area contributed by atoms with E-state index in [1.165, 1.54) is 0 Å². The van der Waals surface area contributed by atoms with Crippen LogP contribution in [0.4, 0.5) is 0 Å². The highest BCUT2D eigenvalue weighted by Gasteiger charge is 1.97. The van der Waals surface area contributed by atoms with Gasteiger partial charge in [-0.15, -0.1) is 0 Å². The fourth-order valence-electron chi connectivity index (χ4n) is 0.741. The second kappa shape index (κ2) is 4.34. The van der Waals surface area contributed by atoms with Gasteiger partial charge in [-0.05, 0) is 24.6 Å². The largest absolute Gasteiger partial charge is 0.412 e. The van der Waals surface area contributed by atoms with Crippen molar-refractivity contribution in [3.05, 3.63) is 34.9 Å². The van der Waals surface area contributed by atoms with E-state index in [2.05, 4.69) is 0 Å². The normalized spacial score (nSPS) is 11.9. The van der Waals surface area contributed by atoms with Gasteiger partial charge in [0.15, 0.2) is 0 Å². The molecule has 3 N–H and O–H groups in total. The third kappa shape index (κ3) is 2.89. The molecule has 0 fully saturated rings. The van der Waals surface area contributed by atoms with Gasteiger partial charge in [0.25, 0.3) is 0 Å². The zero-order valence-electron chi connectivity index (χ0n) is 6.21. The van der Waals surface area contributed by atoms with Gasteiger partial charge >= 0.3 is 0 Å². The third-order valence-electron chi connectivity index (χ3n) is 1.35. The van der Waals surface area contributed by atoms with E-state index in [9.17, 15) is 0 Å². The van der Waals surface area contributed by atoms with Crippen LogP contribution in [0.25, 0.3) is 0 Å². The second-order valence-corrected chi connectivity index (χ2v) is 2.66. The Morgan fingerprint density at radius 3 is 2.09 bits per heavy atom. The lowest BCUT2D eigenvalue weighted by molar-refractivity contribution is 0.199. The van der Waals surface area contributed by atoms with Gasteiger partial charge in [-0.3, -0.25) is 0 Å². The minimum Gasteiger partial charge on any atom is -0.412 e. The maximum Gasteiger partial charge on any atom is 0.0761 e. The Morgan fingerprint density at radius 1 is 1.27 bits per heavy atom. The molecule has 0 bridgehead atoms. The summed E-state index contributed by atoms with van der Waals surface area (Å²) in [6.07, 6.45) is -0.405. The van der Waals surface area contributed by atoms with E-state index in [0.29, 0.717) is 5.02 Å². The number of aliphatic hydroxyl groups excluding tert-OH is 1. The summed E-state index contributed by atoms with van der Waals surface area (Å²) in [4.78, 5) is 0. The summed E-state index contributed by atoms with van der Waals surface area (Å²) < 4.78 is 0. The SMILES string of the molecule is CC(O)c1ccc(Cl)cc1.O. The highest BCUT2D eigenvalue weighted by atomic mass is 35.5. The zero-order valence-corrected chi connectivity index (χ0v) is 6.97. The van der Waals surface area contributed by atoms with Crippen LogP contribution in [0.1, 0.15) is 18.6 Å². The van der Waals surface area contributed by atoms with Crippen molar-refractivity contribution in [3.8, 4) is 0 Å². The number of aliphatic hydroxyl groups is 1. The zero-order chi connectivity index (χ0) is 7.56. The van der Waals surface area contributed by atoms with Crippen LogP contribution in [0.5, 0.6) is 0 Å². The monoisotopic (exact) mass is 174 g/mol. The average Bonchev–Trinajstić information content (AvgIpc) is 1.88. The molecule has 1 unspecified atom stereocenters. The van der Waals surface area contributed by atoms with Crippen LogP contribution < -0.4 is 0 Å². The molecule has 2 nitrogen and oxygen atoms in total. The third-order valence-corrected chi connectivity index (χ3v) is 1.60. The van der Waals surface area contributed by atoms with E-state index in [-0.39, 0.29) is 5.48 Å². The fourth-order valence-corrected chi connectivity index (χ4v) is 0.867. The summed E-state index contributed by atoms with van der Waals surface area (Å²) in [5.41, 5.74) is 0.893. The lowest BCUT2D eigenvalue weighted by atomic mass is 10.1. The lowest BCUT2D eigenvalue weighted by Gasteiger charge is -2.02. The molecule has 0 aliphatic carbocycles. The molecule has 0 radical (unpaired) electrons. The Bertz CT molecular complexity index is 206. The van der Waals surface area contributed by atoms with E-state index in [1.807, 2.05) is 12.1 Å². The van der Waals surface area contributed by atoms with Crippen molar-refractivity contribution >= 4 is 11.6 Å². The highest BCUT2D eigenvalue weighted by molar-refractivity contribution is 6.30. The van der Waals surface area contributed by atoms with Crippen LogP contribution in [0.2, 0.25) is 5.02 Å². The Labute approximate surface area is 70.7 Å². The Hall–Kier alpha value is -0.570. The number of rotatable bonds is 1. The van der Waals surface area contributed by atoms with Crippen LogP contribution >= 0.6 is 11.6 Å². The highest BCUT2D eigenvalue weighted by Crippen LogP contribution is 2.14. The Balaban J connectivity index is 0.000001000. The van der Waals surface area contributed by atoms with E-state index >= 15 is 0 Å². The fraction of sp³-hybridized carbons (Fsp3) is 0.250. The number of hydrogen-bond acceptors (Lipinski definition) is 1. The van der Waals surface area contributed by atoms with Crippen molar-refractivity contribution in [2.45, 2.75) is 13.0 Å². The molecule has 0 aromatic heterocycles. The van der Waals surface area contributed by atoms with Crippen LogP contribution in [0.15, 0.2) is 24.3 Å². The van der Waals surface area contributed by atoms with Gasteiger partial charge < -0.3 is 10.6 Å². The van der Waals surface area contributed by atoms with Crippen LogP contribution in [0.3, 0.4) is 0 Å². The molecule has 1 rings (SSSR count). The molecule has 0 saturated heterocycles. The molecule has 1 aromatic carbocycles. The topological polar surface area (TPSA) is 51.7 Å². The Morgan fingerprint density at radius 2 is 1.73 bits per heavy atom. The molecule has 62 valence electrons. The first-order valence-corrected chi connectivity index (χ1v) is 3.51. The summed E-state index contributed by atoms with van der Waals surface area (Å²) in [6, 6.07) is 7.16. The van der Waals surface area contributed by atoms with Gasteiger partial charge in [0.05, 0.1) is 6.10 Å². The molecular weight excluding hydrogens is 164 g/mol. The average molecular weight is 175 g/mol. The first-order chi connectivity index (χ1) is 4.70. The maximum absolute atomic E-state index is 9.07. The van der Waals surface area contributed by atoms with Crippen molar-refractivity contribution in [1.29, 1.82) is 0 Å². The summed E-state index contributed by atoms with van der Waals surface area (Å²) in [7, 11) is 0. The van der Waals surface area contributed by atoms with Crippen molar-refractivity contribution < 1.29 is 10.6 Å². The van der Waals surface area contributed by atoms with E-state index in [1.54, 1.807) is 19.1 Å². The quantitative estimate of drug-likeness (QED) is 0.691. The summed E-state index contributed by atoms with van der Waals surface area (Å²) in [6.45, 7) is 1.73. The first kappa shape index (κ1) is 10.4. The second-order valence-electron chi connectivity index (χ2n) is 2.23. The smallest absolute Gasteiger partial charge is 0.0761 e. The van der Waals surface area contributed by atoms with Crippen LogP contribution in [0, 0.1) is 0 Å². The molecule has 0 spiro atoms. The lowest BCUT2D eigenvalue weighted by Crippen LogP contribution is -1.88. The molecule has 11 heavy (non-hydrogen) atoms. The molecule has 0 saturated carbocycles. The van der Waals surface area contributed by atoms with Gasteiger partial charge in [-0.25, -0.2) is 0 Å². The molecule has 1 aromatic rings. The molecular formula is C8H11ClO2. The molecule has 0 aliphatic rings. The molecule has 1 atom stereocenters. The van der Waals surface area contributed by atoms with E-state index in [4.69, 9.17) is 16.7 Å². The van der Waals surface area contributed by atoms with Crippen molar-refractivity contribution in [2.75, 3.05) is 0 Å². The van der Waals surface area contributed by atoms with Crippen molar-refractivity contribution in [3.63, 3.8) is 0 Å². The molecule has 3 heteroatoms. The van der Waals surface area contributed by atoms with Crippen LogP contribution in [-0.2, 0) is 0 Å². The molecule has 0 aliphatic heterocycles. The van der Waals surface area contributed by atoms with Gasteiger partial charge in [0, 0.05) is 5.02 Å². The van der Waals surface area contributed by atoms with Gasteiger partial charge in [0.2, 0.25) is 0 Å². The van der Waals surface area contributed by atoms with Gasteiger partial charge in [-0.1, -0.05) is 23.7 Å². The van der Waals surface area contributed by atoms with Gasteiger partial charge in [-0.2, -0.15) is 0 Å². The maximum atomic E-state index is 9.07. The van der Waals surface area contributed by atoms with Gasteiger partial charge in [0.1, 0.15) is 0 Å². The Kier molecular flexibility index (Phi) is 4.11. The van der Waals surface area contributed by atoms with Crippen LogP contribution in [-0.4, -0.2) is 10.6 Å². The molecule has 0 heterocycles.